The van der Waals surface area contributed by atoms with E-state index in [1.165, 1.54) is 6.07 Å². The maximum atomic E-state index is 13.5. The molecule has 0 radical (unpaired) electrons. The fraction of sp³-hybridized carbons (Fsp3) is 0.304. The van der Waals surface area contributed by atoms with E-state index in [1.54, 1.807) is 18.3 Å². The summed E-state index contributed by atoms with van der Waals surface area (Å²) >= 11 is 12.5. The maximum Gasteiger partial charge on any atom is 0.257 e. The van der Waals surface area contributed by atoms with Gasteiger partial charge in [-0.2, -0.15) is 0 Å². The number of halogens is 3. The Morgan fingerprint density at radius 3 is 2.81 bits per heavy atom. The largest absolute Gasteiger partial charge is 0.370 e. The topological polar surface area (TPSA) is 45.7 Å². The van der Waals surface area contributed by atoms with E-state index >= 15 is 0 Å². The molecule has 1 aromatic heterocycles. The fourth-order valence-electron chi connectivity index (χ4n) is 4.31. The molecule has 2 aliphatic heterocycles. The minimum atomic E-state index is -0.437. The van der Waals surface area contributed by atoms with Crippen molar-refractivity contribution in [3.63, 3.8) is 0 Å². The number of rotatable bonds is 2. The van der Waals surface area contributed by atoms with Gasteiger partial charge in [-0.05, 0) is 23.8 Å². The highest BCUT2D eigenvalue weighted by molar-refractivity contribution is 6.38. The van der Waals surface area contributed by atoms with Crippen LogP contribution in [0.2, 0.25) is 10.0 Å². The number of amides is 1. The zero-order valence-corrected chi connectivity index (χ0v) is 18.1. The van der Waals surface area contributed by atoms with Crippen molar-refractivity contribution in [2.24, 2.45) is 0 Å². The molecular weight excluding hydrogens is 440 g/mol. The van der Waals surface area contributed by atoms with Crippen LogP contribution in [0.15, 0.2) is 48.7 Å². The molecule has 1 unspecified atom stereocenters. The molecule has 0 aliphatic carbocycles. The molecule has 2 aromatic carbocycles. The summed E-state index contributed by atoms with van der Waals surface area (Å²) < 4.78 is 19.5. The third-order valence-corrected chi connectivity index (χ3v) is 6.73. The Morgan fingerprint density at radius 2 is 1.97 bits per heavy atom. The summed E-state index contributed by atoms with van der Waals surface area (Å²) in [7, 11) is 0. The first-order valence-corrected chi connectivity index (χ1v) is 10.9. The lowest BCUT2D eigenvalue weighted by Gasteiger charge is -2.46. The number of ether oxygens (including phenoxy) is 1. The van der Waals surface area contributed by atoms with Gasteiger partial charge in [-0.1, -0.05) is 47.5 Å². The lowest BCUT2D eigenvalue weighted by Crippen LogP contribution is -2.59. The van der Waals surface area contributed by atoms with Gasteiger partial charge in [0.1, 0.15) is 5.82 Å². The summed E-state index contributed by atoms with van der Waals surface area (Å²) in [5, 5.41) is 1.31. The smallest absolute Gasteiger partial charge is 0.257 e. The molecule has 5 nitrogen and oxygen atoms in total. The van der Waals surface area contributed by atoms with Gasteiger partial charge in [-0.15, -0.1) is 0 Å². The molecule has 31 heavy (non-hydrogen) atoms. The molecule has 5 rings (SSSR count). The van der Waals surface area contributed by atoms with Crippen molar-refractivity contribution in [2.75, 3.05) is 32.8 Å². The first-order chi connectivity index (χ1) is 15.0. The second-order valence-electron chi connectivity index (χ2n) is 7.90. The molecule has 0 bridgehead atoms. The number of carbonyl (C=O) groups excluding carboxylic acids is 1. The predicted molar refractivity (Wildman–Crippen MR) is 118 cm³/mol. The van der Waals surface area contributed by atoms with Crippen LogP contribution in [-0.4, -0.2) is 59.5 Å². The summed E-state index contributed by atoms with van der Waals surface area (Å²) in [5.41, 5.74) is 2.04. The number of hydrogen-bond acceptors (Lipinski definition) is 4. The number of fused-ring (bicyclic) bond motifs is 2. The Balaban J connectivity index is 1.29. The molecular formula is C23H20Cl2FN3O2. The average Bonchev–Trinajstić information content (AvgIpc) is 2.80. The summed E-state index contributed by atoms with van der Waals surface area (Å²) in [4.78, 5) is 21.7. The molecule has 3 heterocycles. The van der Waals surface area contributed by atoms with Crippen LogP contribution < -0.4 is 0 Å². The van der Waals surface area contributed by atoms with E-state index in [0.717, 1.165) is 23.0 Å². The highest BCUT2D eigenvalue weighted by Gasteiger charge is 2.36. The van der Waals surface area contributed by atoms with Crippen molar-refractivity contribution in [3.8, 4) is 0 Å². The summed E-state index contributed by atoms with van der Waals surface area (Å²) in [6, 6.07) is 12.3. The van der Waals surface area contributed by atoms with E-state index in [1.807, 2.05) is 29.2 Å². The Hall–Kier alpha value is -2.25. The van der Waals surface area contributed by atoms with Crippen LogP contribution in [0.3, 0.4) is 0 Å². The number of pyridine rings is 1. The molecule has 3 aromatic rings. The van der Waals surface area contributed by atoms with Crippen molar-refractivity contribution < 1.29 is 13.9 Å². The van der Waals surface area contributed by atoms with Gasteiger partial charge in [0, 0.05) is 37.8 Å². The maximum absolute atomic E-state index is 13.5. The molecule has 2 fully saturated rings. The zero-order valence-electron chi connectivity index (χ0n) is 16.6. The van der Waals surface area contributed by atoms with Gasteiger partial charge in [-0.25, -0.2) is 4.39 Å². The Kier molecular flexibility index (Phi) is 5.56. The Labute approximate surface area is 189 Å². The molecule has 160 valence electrons. The number of benzene rings is 2. The lowest BCUT2D eigenvalue weighted by molar-refractivity contribution is -0.0858. The van der Waals surface area contributed by atoms with E-state index < -0.39 is 5.82 Å². The number of nitrogens with zero attached hydrogens (tertiary/aromatic N) is 3. The fourth-order valence-corrected chi connectivity index (χ4v) is 4.79. The van der Waals surface area contributed by atoms with Gasteiger partial charge in [-0.3, -0.25) is 14.7 Å². The lowest BCUT2D eigenvalue weighted by atomic mass is 10.0. The predicted octanol–water partition coefficient (Wildman–Crippen LogP) is 4.58. The van der Waals surface area contributed by atoms with Gasteiger partial charge in [0.05, 0.1) is 39.9 Å². The van der Waals surface area contributed by atoms with Crippen molar-refractivity contribution in [3.05, 3.63) is 75.7 Å². The normalized spacial score (nSPS) is 21.8. The average molecular weight is 460 g/mol. The van der Waals surface area contributed by atoms with Crippen LogP contribution in [0.25, 0.3) is 10.9 Å². The number of hydrogen-bond donors (Lipinski definition) is 0. The third kappa shape index (κ3) is 3.89. The van der Waals surface area contributed by atoms with Gasteiger partial charge in [0.25, 0.3) is 5.91 Å². The van der Waals surface area contributed by atoms with Crippen LogP contribution in [0.1, 0.15) is 22.0 Å². The molecule has 8 heteroatoms. The first-order valence-electron chi connectivity index (χ1n) is 10.1. The minimum absolute atomic E-state index is 0.0945. The molecule has 0 saturated carbocycles. The number of carbonyl (C=O) groups is 1. The quantitative estimate of drug-likeness (QED) is 0.562. The summed E-state index contributed by atoms with van der Waals surface area (Å²) in [5.74, 6) is -0.552. The number of para-hydroxylation sites is 1. The minimum Gasteiger partial charge on any atom is -0.370 e. The second-order valence-corrected chi connectivity index (χ2v) is 8.68. The van der Waals surface area contributed by atoms with Gasteiger partial charge in [0.15, 0.2) is 0 Å². The van der Waals surface area contributed by atoms with Gasteiger partial charge in [0.2, 0.25) is 0 Å². The molecule has 2 atom stereocenters. The van der Waals surface area contributed by atoms with Gasteiger partial charge < -0.3 is 9.64 Å². The number of morpholine rings is 1. The SMILES string of the molecule is O=C(c1cnc2ccccc2c1Cl)N1CCN2CC(c3ccc(F)c(Cl)c3)OC[C@@H]2C1. The summed E-state index contributed by atoms with van der Waals surface area (Å²) in [6.07, 6.45) is 1.39. The van der Waals surface area contributed by atoms with Crippen LogP contribution in [-0.2, 0) is 4.74 Å². The molecule has 2 aliphatic rings. The monoisotopic (exact) mass is 459 g/mol. The first kappa shape index (κ1) is 20.6. The van der Waals surface area contributed by atoms with Crippen molar-refractivity contribution >= 4 is 40.0 Å². The Morgan fingerprint density at radius 1 is 1.13 bits per heavy atom. The summed E-state index contributed by atoms with van der Waals surface area (Å²) in [6.45, 7) is 3.03. The van der Waals surface area contributed by atoms with Crippen LogP contribution >= 0.6 is 23.2 Å². The van der Waals surface area contributed by atoms with Crippen LogP contribution in [0.5, 0.6) is 0 Å². The van der Waals surface area contributed by atoms with E-state index in [2.05, 4.69) is 9.88 Å². The number of aromatic nitrogens is 1. The molecule has 0 spiro atoms. The third-order valence-electron chi connectivity index (χ3n) is 6.04. The Bertz CT molecular complexity index is 1160. The zero-order chi connectivity index (χ0) is 21.5. The second kappa shape index (κ2) is 8.36. The van der Waals surface area contributed by atoms with Crippen LogP contribution in [0, 0.1) is 5.82 Å². The van der Waals surface area contributed by atoms with Crippen molar-refractivity contribution in [2.45, 2.75) is 12.1 Å². The van der Waals surface area contributed by atoms with E-state index in [4.69, 9.17) is 27.9 Å². The van der Waals surface area contributed by atoms with Crippen LogP contribution in [0.4, 0.5) is 4.39 Å². The number of piperazine rings is 1. The molecule has 2 saturated heterocycles. The van der Waals surface area contributed by atoms with E-state index in [-0.39, 0.29) is 23.1 Å². The van der Waals surface area contributed by atoms with E-state index in [0.29, 0.717) is 36.8 Å². The van der Waals surface area contributed by atoms with Crippen molar-refractivity contribution in [1.82, 2.24) is 14.8 Å². The highest BCUT2D eigenvalue weighted by atomic mass is 35.5. The highest BCUT2D eigenvalue weighted by Crippen LogP contribution is 2.31. The standard InChI is InChI=1S/C23H20Cl2FN3O2/c24-18-9-14(5-6-19(18)26)21-12-28-7-8-29(11-15(28)13-31-21)23(30)17-10-27-20-4-2-1-3-16(20)22(17)25/h1-6,9-10,15,21H,7-8,11-13H2/t15-,21?/m0/s1. The van der Waals surface area contributed by atoms with Gasteiger partial charge >= 0.3 is 0 Å². The molecule has 0 N–H and O–H groups in total. The van der Waals surface area contributed by atoms with E-state index in [9.17, 15) is 9.18 Å². The molecule has 1 amide bonds. The van der Waals surface area contributed by atoms with Crippen molar-refractivity contribution in [1.29, 1.82) is 0 Å².